The van der Waals surface area contributed by atoms with Gasteiger partial charge in [-0.1, -0.05) is 6.08 Å². The van der Waals surface area contributed by atoms with Crippen molar-refractivity contribution in [3.63, 3.8) is 0 Å². The van der Waals surface area contributed by atoms with Gasteiger partial charge in [0.1, 0.15) is 0 Å². The second-order valence-corrected chi connectivity index (χ2v) is 2.82. The number of nitriles is 1. The molecule has 2 N–H and O–H groups in total. The Morgan fingerprint density at radius 2 is 2.50 bits per heavy atom. The summed E-state index contributed by atoms with van der Waals surface area (Å²) >= 11 is 0. The van der Waals surface area contributed by atoms with Crippen LogP contribution in [0, 0.1) is 11.3 Å². The maximum atomic E-state index is 8.50. The van der Waals surface area contributed by atoms with Crippen molar-refractivity contribution in [2.24, 2.45) is 5.73 Å². The summed E-state index contributed by atoms with van der Waals surface area (Å²) in [6.07, 6.45) is 6.35. The van der Waals surface area contributed by atoms with E-state index < -0.39 is 0 Å². The first kappa shape index (κ1) is 7.04. The van der Waals surface area contributed by atoms with Crippen LogP contribution in [0.4, 0.5) is 0 Å². The predicted octanol–water partition coefficient (Wildman–Crippen LogP) is 1.11. The van der Waals surface area contributed by atoms with E-state index in [0.717, 1.165) is 6.42 Å². The molecule has 2 nitrogen and oxygen atoms in total. The van der Waals surface area contributed by atoms with Crippen LogP contribution in [-0.4, -0.2) is 5.54 Å². The first-order valence-electron chi connectivity index (χ1n) is 3.22. The van der Waals surface area contributed by atoms with Gasteiger partial charge in [0.15, 0.2) is 0 Å². The molecule has 0 saturated heterocycles. The van der Waals surface area contributed by atoms with Crippen molar-refractivity contribution in [2.75, 3.05) is 0 Å². The molecule has 0 radical (unpaired) electrons. The normalized spacial score (nSPS) is 31.1. The zero-order valence-electron chi connectivity index (χ0n) is 5.96. The minimum atomic E-state index is -0.320. The first-order chi connectivity index (χ1) is 4.64. The molecule has 10 heavy (non-hydrogen) atoms. The van der Waals surface area contributed by atoms with Crippen molar-refractivity contribution in [1.82, 2.24) is 0 Å². The monoisotopic (exact) mass is 134 g/mol. The summed E-state index contributed by atoms with van der Waals surface area (Å²) in [5, 5.41) is 8.50. The van der Waals surface area contributed by atoms with Crippen molar-refractivity contribution < 1.29 is 0 Å². The molecule has 0 aromatic carbocycles. The molecule has 2 heteroatoms. The van der Waals surface area contributed by atoms with Gasteiger partial charge in [0.25, 0.3) is 0 Å². The number of allylic oxidation sites excluding steroid dienone is 2. The second kappa shape index (κ2) is 2.28. The molecular weight excluding hydrogens is 124 g/mol. The molecule has 0 aliphatic heterocycles. The van der Waals surface area contributed by atoms with Gasteiger partial charge < -0.3 is 5.73 Å². The SMILES string of the molecule is CC1(N)C=C(C#N)C=CC1. The van der Waals surface area contributed by atoms with Crippen LogP contribution >= 0.6 is 0 Å². The summed E-state index contributed by atoms with van der Waals surface area (Å²) < 4.78 is 0. The van der Waals surface area contributed by atoms with Crippen LogP contribution in [0.25, 0.3) is 0 Å². The summed E-state index contributed by atoms with van der Waals surface area (Å²) in [5.41, 5.74) is 6.11. The van der Waals surface area contributed by atoms with Gasteiger partial charge in [-0.15, -0.1) is 0 Å². The lowest BCUT2D eigenvalue weighted by molar-refractivity contribution is 0.587. The molecule has 0 amide bonds. The molecule has 1 atom stereocenters. The third-order valence-corrected chi connectivity index (χ3v) is 1.47. The van der Waals surface area contributed by atoms with Crippen molar-refractivity contribution in [3.05, 3.63) is 23.8 Å². The van der Waals surface area contributed by atoms with Gasteiger partial charge in [0.2, 0.25) is 0 Å². The number of hydrogen-bond acceptors (Lipinski definition) is 2. The van der Waals surface area contributed by atoms with Gasteiger partial charge in [-0.2, -0.15) is 5.26 Å². The highest BCUT2D eigenvalue weighted by atomic mass is 14.7. The zero-order chi connectivity index (χ0) is 7.61. The smallest absolute Gasteiger partial charge is 0.0988 e. The van der Waals surface area contributed by atoms with Gasteiger partial charge in [-0.25, -0.2) is 0 Å². The third kappa shape index (κ3) is 1.46. The van der Waals surface area contributed by atoms with E-state index in [1.807, 2.05) is 13.0 Å². The maximum Gasteiger partial charge on any atom is 0.0988 e. The van der Waals surface area contributed by atoms with Crippen LogP contribution in [-0.2, 0) is 0 Å². The molecule has 0 spiro atoms. The Kier molecular flexibility index (Phi) is 1.60. The molecule has 0 fully saturated rings. The van der Waals surface area contributed by atoms with Gasteiger partial charge in [0.05, 0.1) is 6.07 Å². The molecule has 1 aliphatic rings. The van der Waals surface area contributed by atoms with Crippen LogP contribution < -0.4 is 5.73 Å². The molecule has 0 bridgehead atoms. The third-order valence-electron chi connectivity index (χ3n) is 1.47. The highest BCUT2D eigenvalue weighted by Gasteiger charge is 2.16. The number of hydrogen-bond donors (Lipinski definition) is 1. The summed E-state index contributed by atoms with van der Waals surface area (Å²) in [5.74, 6) is 0. The van der Waals surface area contributed by atoms with E-state index >= 15 is 0 Å². The standard InChI is InChI=1S/C8H10N2/c1-8(10)4-2-3-7(5-8)6-9/h2-3,5H,4,10H2,1H3. The largest absolute Gasteiger partial charge is 0.322 e. The predicted molar refractivity (Wildman–Crippen MR) is 40.0 cm³/mol. The molecule has 1 aliphatic carbocycles. The fraction of sp³-hybridized carbons (Fsp3) is 0.375. The molecule has 0 aromatic heterocycles. The lowest BCUT2D eigenvalue weighted by Crippen LogP contribution is -2.34. The quantitative estimate of drug-likeness (QED) is 0.539. The molecule has 0 saturated carbocycles. The lowest BCUT2D eigenvalue weighted by atomic mass is 9.92. The Balaban J connectivity index is 2.88. The van der Waals surface area contributed by atoms with Crippen LogP contribution in [0.15, 0.2) is 23.8 Å². The highest BCUT2D eigenvalue weighted by Crippen LogP contribution is 2.17. The molecule has 1 unspecified atom stereocenters. The minimum Gasteiger partial charge on any atom is -0.322 e. The van der Waals surface area contributed by atoms with Crippen LogP contribution in [0.3, 0.4) is 0 Å². The molecule has 0 aromatic rings. The van der Waals surface area contributed by atoms with E-state index in [2.05, 4.69) is 6.07 Å². The number of nitrogens with two attached hydrogens (primary N) is 1. The fourth-order valence-electron chi connectivity index (χ4n) is 0.972. The Morgan fingerprint density at radius 3 is 2.90 bits per heavy atom. The van der Waals surface area contributed by atoms with Crippen molar-refractivity contribution >= 4 is 0 Å². The Hall–Kier alpha value is -1.07. The van der Waals surface area contributed by atoms with Crippen molar-refractivity contribution in [3.8, 4) is 6.07 Å². The van der Waals surface area contributed by atoms with Crippen LogP contribution in [0.5, 0.6) is 0 Å². The molecule has 1 rings (SSSR count). The molecule has 52 valence electrons. The van der Waals surface area contributed by atoms with Crippen molar-refractivity contribution in [2.45, 2.75) is 18.9 Å². The Labute approximate surface area is 60.6 Å². The zero-order valence-corrected chi connectivity index (χ0v) is 5.96. The van der Waals surface area contributed by atoms with E-state index in [-0.39, 0.29) is 5.54 Å². The molecular formula is C8H10N2. The summed E-state index contributed by atoms with van der Waals surface area (Å²) in [4.78, 5) is 0. The minimum absolute atomic E-state index is 0.320. The summed E-state index contributed by atoms with van der Waals surface area (Å²) in [6.45, 7) is 1.91. The lowest BCUT2D eigenvalue weighted by Gasteiger charge is -2.20. The Morgan fingerprint density at radius 1 is 1.80 bits per heavy atom. The fourth-order valence-corrected chi connectivity index (χ4v) is 0.972. The van der Waals surface area contributed by atoms with E-state index in [9.17, 15) is 0 Å². The number of nitrogens with zero attached hydrogens (tertiary/aromatic N) is 1. The topological polar surface area (TPSA) is 49.8 Å². The number of rotatable bonds is 0. The van der Waals surface area contributed by atoms with Gasteiger partial charge >= 0.3 is 0 Å². The van der Waals surface area contributed by atoms with Gasteiger partial charge in [-0.05, 0) is 25.5 Å². The van der Waals surface area contributed by atoms with E-state index in [1.165, 1.54) is 0 Å². The van der Waals surface area contributed by atoms with Gasteiger partial charge in [-0.3, -0.25) is 0 Å². The second-order valence-electron chi connectivity index (χ2n) is 2.82. The summed E-state index contributed by atoms with van der Waals surface area (Å²) in [6, 6.07) is 2.05. The molecule has 0 heterocycles. The maximum absolute atomic E-state index is 8.50. The highest BCUT2D eigenvalue weighted by molar-refractivity contribution is 5.38. The first-order valence-corrected chi connectivity index (χ1v) is 3.22. The summed E-state index contributed by atoms with van der Waals surface area (Å²) in [7, 11) is 0. The Bertz CT molecular complexity index is 228. The van der Waals surface area contributed by atoms with E-state index in [4.69, 9.17) is 11.0 Å². The van der Waals surface area contributed by atoms with E-state index in [0.29, 0.717) is 5.57 Å². The van der Waals surface area contributed by atoms with E-state index in [1.54, 1.807) is 12.2 Å². The van der Waals surface area contributed by atoms with Crippen molar-refractivity contribution in [1.29, 1.82) is 5.26 Å². The van der Waals surface area contributed by atoms with Crippen LogP contribution in [0.2, 0.25) is 0 Å². The average Bonchev–Trinajstić information content (AvgIpc) is 1.86. The van der Waals surface area contributed by atoms with Gasteiger partial charge in [0, 0.05) is 11.1 Å². The van der Waals surface area contributed by atoms with Crippen LogP contribution in [0.1, 0.15) is 13.3 Å². The average molecular weight is 134 g/mol.